The van der Waals surface area contributed by atoms with Gasteiger partial charge in [-0.3, -0.25) is 0 Å². The third kappa shape index (κ3) is 7.62. The summed E-state index contributed by atoms with van der Waals surface area (Å²) in [5.41, 5.74) is 0. The molecule has 1 atom stereocenters. The molecule has 13 heavy (non-hydrogen) atoms. The second kappa shape index (κ2) is 5.84. The van der Waals surface area contributed by atoms with Gasteiger partial charge < -0.3 is 10.1 Å². The van der Waals surface area contributed by atoms with E-state index in [2.05, 4.69) is 16.0 Å². The van der Waals surface area contributed by atoms with Gasteiger partial charge >= 0.3 is 6.18 Å². The molecule has 0 fully saturated rings. The maximum atomic E-state index is 11.6. The highest BCUT2D eigenvalue weighted by Gasteiger charge is 2.27. The van der Waals surface area contributed by atoms with Crippen LogP contribution >= 0.6 is 0 Å². The molecule has 1 N–H and O–H groups in total. The van der Waals surface area contributed by atoms with Gasteiger partial charge in [0.05, 0.1) is 6.04 Å². The maximum absolute atomic E-state index is 11.6. The van der Waals surface area contributed by atoms with E-state index in [0.717, 1.165) is 0 Å². The van der Waals surface area contributed by atoms with Crippen molar-refractivity contribution >= 4 is 0 Å². The van der Waals surface area contributed by atoms with Gasteiger partial charge in [-0.25, -0.2) is 0 Å². The normalized spacial score (nSPS) is 13.8. The van der Waals surface area contributed by atoms with Crippen LogP contribution in [0.4, 0.5) is 13.2 Å². The molecule has 0 aliphatic heterocycles. The van der Waals surface area contributed by atoms with E-state index in [1.165, 1.54) is 0 Å². The van der Waals surface area contributed by atoms with Gasteiger partial charge in [0.25, 0.3) is 0 Å². The Morgan fingerprint density at radius 1 is 1.54 bits per heavy atom. The molecule has 0 saturated heterocycles. The molecule has 5 heteroatoms. The first kappa shape index (κ1) is 12.3. The van der Waals surface area contributed by atoms with Gasteiger partial charge in [0.1, 0.15) is 6.61 Å². The number of alkyl halides is 3. The SMILES string of the molecule is C#CC(CCOCC(F)(F)F)NC. The van der Waals surface area contributed by atoms with Crippen LogP contribution in [0, 0.1) is 12.3 Å². The Bertz CT molecular complexity index is 173. The molecule has 0 saturated carbocycles. The zero-order valence-electron chi connectivity index (χ0n) is 7.32. The number of hydrogen-bond donors (Lipinski definition) is 1. The van der Waals surface area contributed by atoms with Gasteiger partial charge in [-0.15, -0.1) is 6.42 Å². The summed E-state index contributed by atoms with van der Waals surface area (Å²) in [6.07, 6.45) is 1.18. The van der Waals surface area contributed by atoms with Crippen LogP contribution in [-0.2, 0) is 4.74 Å². The fourth-order valence-electron chi connectivity index (χ4n) is 0.700. The monoisotopic (exact) mass is 195 g/mol. The van der Waals surface area contributed by atoms with Gasteiger partial charge in [0, 0.05) is 6.61 Å². The van der Waals surface area contributed by atoms with Crippen molar-refractivity contribution in [2.24, 2.45) is 0 Å². The lowest BCUT2D eigenvalue weighted by atomic mass is 10.2. The van der Waals surface area contributed by atoms with Gasteiger partial charge in [-0.2, -0.15) is 13.2 Å². The third-order valence-electron chi connectivity index (χ3n) is 1.37. The van der Waals surface area contributed by atoms with Crippen molar-refractivity contribution in [3.63, 3.8) is 0 Å². The van der Waals surface area contributed by atoms with Crippen LogP contribution in [-0.4, -0.2) is 32.5 Å². The van der Waals surface area contributed by atoms with Gasteiger partial charge in [-0.05, 0) is 13.5 Å². The first-order valence-corrected chi connectivity index (χ1v) is 3.77. The Kier molecular flexibility index (Phi) is 5.51. The second-order valence-electron chi connectivity index (χ2n) is 2.46. The highest BCUT2D eigenvalue weighted by atomic mass is 19.4. The van der Waals surface area contributed by atoms with Crippen molar-refractivity contribution in [1.82, 2.24) is 5.32 Å². The Labute approximate surface area is 75.5 Å². The number of rotatable bonds is 5. The lowest BCUT2D eigenvalue weighted by molar-refractivity contribution is -0.174. The zero-order chi connectivity index (χ0) is 10.3. The van der Waals surface area contributed by atoms with Crippen LogP contribution in [0.15, 0.2) is 0 Å². The summed E-state index contributed by atoms with van der Waals surface area (Å²) in [5, 5.41) is 2.75. The minimum Gasteiger partial charge on any atom is -0.372 e. The molecule has 0 rings (SSSR count). The Balaban J connectivity index is 3.41. The summed E-state index contributed by atoms with van der Waals surface area (Å²) in [5.74, 6) is 2.38. The average Bonchev–Trinajstić information content (AvgIpc) is 2.03. The van der Waals surface area contributed by atoms with Crippen LogP contribution < -0.4 is 5.32 Å². The van der Waals surface area contributed by atoms with Crippen molar-refractivity contribution in [3.8, 4) is 12.3 Å². The molecular weight excluding hydrogens is 183 g/mol. The summed E-state index contributed by atoms with van der Waals surface area (Å²) >= 11 is 0. The molecule has 0 heterocycles. The number of terminal acetylenes is 1. The van der Waals surface area contributed by atoms with Crippen LogP contribution in [0.5, 0.6) is 0 Å². The number of nitrogens with one attached hydrogen (secondary N) is 1. The summed E-state index contributed by atoms with van der Waals surface area (Å²) in [4.78, 5) is 0. The molecule has 0 aromatic heterocycles. The Hall–Kier alpha value is -0.730. The fourth-order valence-corrected chi connectivity index (χ4v) is 0.700. The smallest absolute Gasteiger partial charge is 0.372 e. The molecule has 0 radical (unpaired) electrons. The topological polar surface area (TPSA) is 21.3 Å². The van der Waals surface area contributed by atoms with E-state index in [9.17, 15) is 13.2 Å². The van der Waals surface area contributed by atoms with E-state index in [1.807, 2.05) is 0 Å². The van der Waals surface area contributed by atoms with Crippen LogP contribution in [0.3, 0.4) is 0 Å². The van der Waals surface area contributed by atoms with Crippen molar-refractivity contribution < 1.29 is 17.9 Å². The third-order valence-corrected chi connectivity index (χ3v) is 1.37. The molecule has 0 spiro atoms. The van der Waals surface area contributed by atoms with E-state index in [4.69, 9.17) is 6.42 Å². The highest BCUT2D eigenvalue weighted by molar-refractivity contribution is 4.97. The van der Waals surface area contributed by atoms with E-state index < -0.39 is 12.8 Å². The predicted octanol–water partition coefficient (Wildman–Crippen LogP) is 1.18. The van der Waals surface area contributed by atoms with Gasteiger partial charge in [0.2, 0.25) is 0 Å². The van der Waals surface area contributed by atoms with Crippen molar-refractivity contribution in [1.29, 1.82) is 0 Å². The van der Waals surface area contributed by atoms with Crippen LogP contribution in [0.1, 0.15) is 6.42 Å². The molecule has 2 nitrogen and oxygen atoms in total. The molecule has 0 amide bonds. The van der Waals surface area contributed by atoms with Crippen LogP contribution in [0.2, 0.25) is 0 Å². The largest absolute Gasteiger partial charge is 0.411 e. The fraction of sp³-hybridized carbons (Fsp3) is 0.750. The van der Waals surface area contributed by atoms with E-state index in [-0.39, 0.29) is 12.6 Å². The van der Waals surface area contributed by atoms with Crippen LogP contribution in [0.25, 0.3) is 0 Å². The number of hydrogen-bond acceptors (Lipinski definition) is 2. The number of ether oxygens (including phenoxy) is 1. The van der Waals surface area contributed by atoms with E-state index in [1.54, 1.807) is 7.05 Å². The second-order valence-corrected chi connectivity index (χ2v) is 2.46. The first-order chi connectivity index (χ1) is 5.99. The molecule has 0 aliphatic rings. The summed E-state index contributed by atoms with van der Waals surface area (Å²) in [6.45, 7) is -1.21. The minimum atomic E-state index is -4.26. The predicted molar refractivity (Wildman–Crippen MR) is 43.2 cm³/mol. The van der Waals surface area contributed by atoms with Gasteiger partial charge in [0.15, 0.2) is 0 Å². The minimum absolute atomic E-state index is 0.00914. The van der Waals surface area contributed by atoms with E-state index >= 15 is 0 Å². The Morgan fingerprint density at radius 3 is 2.54 bits per heavy atom. The molecule has 76 valence electrons. The molecule has 0 aromatic carbocycles. The molecule has 1 unspecified atom stereocenters. The standard InChI is InChI=1S/C8H12F3NO/c1-3-7(12-2)4-5-13-6-8(9,10)11/h1,7,12H,4-6H2,2H3. The molecule has 0 aromatic rings. The van der Waals surface area contributed by atoms with E-state index in [0.29, 0.717) is 6.42 Å². The summed E-state index contributed by atoms with van der Waals surface area (Å²) < 4.78 is 39.1. The van der Waals surface area contributed by atoms with Crippen molar-refractivity contribution in [2.45, 2.75) is 18.6 Å². The number of halogens is 3. The van der Waals surface area contributed by atoms with Crippen molar-refractivity contribution in [3.05, 3.63) is 0 Å². The summed E-state index contributed by atoms with van der Waals surface area (Å²) in [6, 6.07) is -0.228. The summed E-state index contributed by atoms with van der Waals surface area (Å²) in [7, 11) is 1.65. The Morgan fingerprint density at radius 2 is 2.15 bits per heavy atom. The van der Waals surface area contributed by atoms with Crippen molar-refractivity contribution in [2.75, 3.05) is 20.3 Å². The zero-order valence-corrected chi connectivity index (χ0v) is 7.32. The average molecular weight is 195 g/mol. The highest BCUT2D eigenvalue weighted by Crippen LogP contribution is 2.14. The molecular formula is C8H12F3NO. The first-order valence-electron chi connectivity index (χ1n) is 3.77. The lowest BCUT2D eigenvalue weighted by Gasteiger charge is -2.10. The molecule has 0 bridgehead atoms. The lowest BCUT2D eigenvalue weighted by Crippen LogP contribution is -2.26. The maximum Gasteiger partial charge on any atom is 0.411 e. The van der Waals surface area contributed by atoms with Gasteiger partial charge in [-0.1, -0.05) is 5.92 Å². The molecule has 0 aliphatic carbocycles. The quantitative estimate of drug-likeness (QED) is 0.525.